The van der Waals surface area contributed by atoms with E-state index < -0.39 is 194 Å². The minimum atomic E-state index is -2.74. The summed E-state index contributed by atoms with van der Waals surface area (Å²) in [4.78, 5) is 70.2. The van der Waals surface area contributed by atoms with Gasteiger partial charge in [-0.3, -0.25) is 19.2 Å². The average molecular weight is 1920 g/mol. The Labute approximate surface area is 800 Å². The van der Waals surface area contributed by atoms with E-state index in [9.17, 15) is 19.2 Å². The summed E-state index contributed by atoms with van der Waals surface area (Å²) in [5.41, 5.74) is 6.40. The number of hydrogen-bond donors (Lipinski definition) is 1. The quantitative estimate of drug-likeness (QED) is 0.0161. The summed E-state index contributed by atoms with van der Waals surface area (Å²) in [5.74, 6) is -4.79. The Balaban J connectivity index is 0.956. The van der Waals surface area contributed by atoms with Crippen LogP contribution in [0.3, 0.4) is 0 Å². The molecule has 28 nitrogen and oxygen atoms in total. The molecule has 1 amide bonds. The SMILES string of the molecule is C=CCO[C@@H]1O[C@@H](C)[C@H](O[C@H]2O[C@H](COCc3ccccc3)[C@@H](OCc3ccccc3)[C@H](OCc3ccccc3)[C@H]2OCc2ccccc2)[C@@H](O[C@@H]2O[C@@H](C)[C@H](OCc3ccccc3)[C@@H](OCc3ccccc3)[C@H]2O[C@@H]2O[C@@H](C)[C@H](OCc3ccccc3)[C@@H](OCc3ccccc3)[C@H]2O[C@@H]2O[C@H](COC(C)=O)[C@@H](OC(C)=O)[C@H](OC(C)=O)[C@H]2NC(=O)C(Cl)(Cl)Cl)[C@H]1OC(=O)c1ccccc1. The topological polar surface area (TPSA) is 300 Å². The Hall–Kier alpha value is -9.78. The molecule has 0 aromatic heterocycles. The molecule has 5 heterocycles. The van der Waals surface area contributed by atoms with Crippen LogP contribution in [0, 0.1) is 0 Å². The number of esters is 4. The van der Waals surface area contributed by atoms with Crippen molar-refractivity contribution in [3.8, 4) is 0 Å². The second kappa shape index (κ2) is 50.5. The number of ether oxygens (including phenoxy) is 22. The molecule has 5 aliphatic rings. The van der Waals surface area contributed by atoms with Crippen molar-refractivity contribution in [2.24, 2.45) is 0 Å². The second-order valence-electron chi connectivity index (χ2n) is 33.3. The van der Waals surface area contributed by atoms with E-state index in [0.29, 0.717) is 11.1 Å². The summed E-state index contributed by atoms with van der Waals surface area (Å²) >= 11 is 19.3. The van der Waals surface area contributed by atoms with Crippen LogP contribution in [0.5, 0.6) is 0 Å². The van der Waals surface area contributed by atoms with Crippen molar-refractivity contribution in [2.45, 2.75) is 252 Å². The normalized spacial score (nSPS) is 28.6. The van der Waals surface area contributed by atoms with Crippen LogP contribution in [0.2, 0.25) is 0 Å². The van der Waals surface area contributed by atoms with Gasteiger partial charge in [-0.1, -0.05) is 302 Å². The van der Waals surface area contributed by atoms with Gasteiger partial charge in [0.25, 0.3) is 9.70 Å². The van der Waals surface area contributed by atoms with Crippen LogP contribution in [0.25, 0.3) is 0 Å². The van der Waals surface area contributed by atoms with E-state index >= 15 is 4.79 Å². The van der Waals surface area contributed by atoms with E-state index in [-0.39, 0.29) is 71.6 Å². The first kappa shape index (κ1) is 101. The summed E-state index contributed by atoms with van der Waals surface area (Å²) in [6.07, 6.45) is -33.0. The number of carbonyl (C=O) groups excluding carboxylic acids is 5. The fraction of sp³-hybridized carbons (Fsp3) is 0.413. The highest BCUT2D eigenvalue weighted by Crippen LogP contribution is 2.43. The van der Waals surface area contributed by atoms with Crippen molar-refractivity contribution in [3.05, 3.63) is 336 Å². The minimum absolute atomic E-state index is 0.00515. The highest BCUT2D eigenvalue weighted by molar-refractivity contribution is 6.76. The lowest BCUT2D eigenvalue weighted by atomic mass is 9.94. The van der Waals surface area contributed by atoms with Gasteiger partial charge in [-0.05, 0) is 77.4 Å². The third-order valence-electron chi connectivity index (χ3n) is 23.2. The number of nitrogens with one attached hydrogen (secondary N) is 1. The van der Waals surface area contributed by atoms with Gasteiger partial charge < -0.3 is 110 Å². The van der Waals surface area contributed by atoms with E-state index in [1.54, 1.807) is 51.1 Å². The van der Waals surface area contributed by atoms with Crippen LogP contribution in [0.4, 0.5) is 0 Å². The smallest absolute Gasteiger partial charge is 0.338 e. The van der Waals surface area contributed by atoms with Gasteiger partial charge in [0.15, 0.2) is 49.8 Å². The van der Waals surface area contributed by atoms with Crippen molar-refractivity contribution in [1.82, 2.24) is 5.32 Å². The zero-order chi connectivity index (χ0) is 94.6. The van der Waals surface area contributed by atoms with Crippen molar-refractivity contribution in [3.63, 3.8) is 0 Å². The second-order valence-corrected chi connectivity index (χ2v) is 35.5. The Bertz CT molecular complexity index is 5100. The van der Waals surface area contributed by atoms with Gasteiger partial charge in [0, 0.05) is 20.8 Å². The van der Waals surface area contributed by atoms with E-state index in [1.165, 1.54) is 6.08 Å². The summed E-state index contributed by atoms with van der Waals surface area (Å²) in [7, 11) is 0. The molecule has 0 aliphatic carbocycles. The van der Waals surface area contributed by atoms with Gasteiger partial charge in [0.2, 0.25) is 0 Å². The zero-order valence-electron chi connectivity index (χ0n) is 75.6. The maximum absolute atomic E-state index is 15.5. The molecule has 135 heavy (non-hydrogen) atoms. The van der Waals surface area contributed by atoms with Gasteiger partial charge in [0.05, 0.1) is 89.9 Å². The molecule has 1 N–H and O–H groups in total. The molecule has 9 aromatic carbocycles. The molecular weight excluding hydrogens is 1800 g/mol. The van der Waals surface area contributed by atoms with Crippen LogP contribution in [0.1, 0.15) is 96.4 Å². The molecule has 718 valence electrons. The van der Waals surface area contributed by atoms with Crippen LogP contribution >= 0.6 is 34.8 Å². The summed E-state index contributed by atoms with van der Waals surface area (Å²) in [5, 5.41) is 2.65. The van der Waals surface area contributed by atoms with E-state index in [1.807, 2.05) is 243 Å². The molecule has 0 spiro atoms. The van der Waals surface area contributed by atoms with E-state index in [2.05, 4.69) is 11.9 Å². The van der Waals surface area contributed by atoms with Gasteiger partial charge in [-0.25, -0.2) is 4.79 Å². The predicted molar refractivity (Wildman–Crippen MR) is 493 cm³/mol. The summed E-state index contributed by atoms with van der Waals surface area (Å²) in [6, 6.07) is 82.5. The maximum Gasteiger partial charge on any atom is 0.338 e. The first-order valence-corrected chi connectivity index (χ1v) is 46.1. The molecular formula is C104H114Cl3NO27. The maximum atomic E-state index is 15.5. The third kappa shape index (κ3) is 28.7. The number of hydrogen-bond acceptors (Lipinski definition) is 27. The first-order chi connectivity index (χ1) is 65.6. The minimum Gasteiger partial charge on any atom is -0.463 e. The average Bonchev–Trinajstić information content (AvgIpc) is 0.747. The summed E-state index contributed by atoms with van der Waals surface area (Å²) < 4.78 is 153. The number of rotatable bonds is 43. The lowest BCUT2D eigenvalue weighted by molar-refractivity contribution is -0.410. The number of alkyl halides is 3. The number of amides is 1. The van der Waals surface area contributed by atoms with Crippen LogP contribution < -0.4 is 5.32 Å². The number of halogens is 3. The van der Waals surface area contributed by atoms with Crippen molar-refractivity contribution in [1.29, 1.82) is 0 Å². The molecule has 31 heteroatoms. The molecule has 25 atom stereocenters. The van der Waals surface area contributed by atoms with Crippen molar-refractivity contribution >= 4 is 64.6 Å². The largest absolute Gasteiger partial charge is 0.463 e. The predicted octanol–water partition coefficient (Wildman–Crippen LogP) is 15.2. The highest BCUT2D eigenvalue weighted by atomic mass is 35.6. The van der Waals surface area contributed by atoms with Gasteiger partial charge in [-0.2, -0.15) is 0 Å². The molecule has 0 unspecified atom stereocenters. The molecule has 5 saturated heterocycles. The molecule has 14 rings (SSSR count). The number of carbonyl (C=O) groups is 5. The molecule has 5 fully saturated rings. The fourth-order valence-electron chi connectivity index (χ4n) is 16.7. The molecule has 0 bridgehead atoms. The van der Waals surface area contributed by atoms with E-state index in [0.717, 1.165) is 54.2 Å². The summed E-state index contributed by atoms with van der Waals surface area (Å²) in [6.45, 7) is 11.7. The van der Waals surface area contributed by atoms with Crippen LogP contribution in [0.15, 0.2) is 286 Å². The van der Waals surface area contributed by atoms with Crippen molar-refractivity contribution < 1.29 is 128 Å². The lowest BCUT2D eigenvalue weighted by Gasteiger charge is -2.53. The van der Waals surface area contributed by atoms with Crippen LogP contribution in [-0.4, -0.2) is 207 Å². The van der Waals surface area contributed by atoms with Gasteiger partial charge >= 0.3 is 23.9 Å². The Morgan fingerprint density at radius 1 is 0.319 bits per heavy atom. The van der Waals surface area contributed by atoms with Crippen LogP contribution in [-0.2, 0) is 176 Å². The van der Waals surface area contributed by atoms with Gasteiger partial charge in [-0.15, -0.1) is 6.58 Å². The molecule has 0 radical (unpaired) electrons. The Morgan fingerprint density at radius 2 is 0.637 bits per heavy atom. The third-order valence-corrected chi connectivity index (χ3v) is 23.7. The number of benzene rings is 9. The lowest BCUT2D eigenvalue weighted by Crippen LogP contribution is -2.70. The Morgan fingerprint density at radius 3 is 1.04 bits per heavy atom. The molecule has 9 aromatic rings. The van der Waals surface area contributed by atoms with Crippen molar-refractivity contribution in [2.75, 3.05) is 19.8 Å². The first-order valence-electron chi connectivity index (χ1n) is 45.0. The highest BCUT2D eigenvalue weighted by Gasteiger charge is 2.61. The standard InChI is InChI=1S/C104H114Cl3NO27/c1-8-54-115-99-96(131-97(112)79-52-34-17-35-53-79)92(85(67(4)124-99)132-100-93(123-62-78-50-32-16-33-51-78)91(122-61-77-48-30-15-31-49-77)86(119-58-74-42-24-12-25-43-74)80(130-100)63-114-55-71-36-18-9-19-37-71)133-101-95(90(121-60-76-46-28-14-29-47-76)84(65(2)125-101)118-57-73-40-22-11-23-41-73)135-102-94(89(120-59-75-44-26-13-27-45-75)83(66(3)126-102)117-56-72-38-20-10-21-39-72)134-98-82(108-103(113)104(105,106)107)88(128-70(7)111)87(127-69(6)110)81(129-98)64-116-68(5)109/h8-53,65-67,80-96,98-102H,1,54-64H2,2-7H3,(H,108,113)/t65-,66-,67-,80+,81+,82+,83-,84-,85-,86+,87+,88+,89+,90+,91-,92+,93+,94+,95+,96+,98-,99+,100+,101-,102-/m0/s1. The van der Waals surface area contributed by atoms with Gasteiger partial charge in [0.1, 0.15) is 92.0 Å². The zero-order valence-corrected chi connectivity index (χ0v) is 77.9. The molecule has 5 aliphatic heterocycles. The van der Waals surface area contributed by atoms with E-state index in [4.69, 9.17) is 139 Å². The monoisotopic (exact) mass is 1910 g/mol. The molecule has 0 saturated carbocycles. The fourth-order valence-corrected chi connectivity index (χ4v) is 16.9. The Kier molecular flexibility index (Phi) is 37.8.